The molecule has 0 aromatic rings. The molecular formula is C14H18Br2Ti. The van der Waals surface area contributed by atoms with Crippen LogP contribution in [0.1, 0.15) is 40.5 Å². The second-order valence-electron chi connectivity index (χ2n) is 4.58. The number of hydrogen-bond donors (Lipinski definition) is 0. The van der Waals surface area contributed by atoms with Gasteiger partial charge in [0.15, 0.2) is 0 Å². The van der Waals surface area contributed by atoms with Crippen LogP contribution in [0.25, 0.3) is 0 Å². The molecule has 17 heavy (non-hydrogen) atoms. The van der Waals surface area contributed by atoms with Crippen molar-refractivity contribution in [1.82, 2.24) is 0 Å². The van der Waals surface area contributed by atoms with Crippen LogP contribution in [0.5, 0.6) is 0 Å². The average molecular weight is 394 g/mol. The van der Waals surface area contributed by atoms with Crippen molar-refractivity contribution in [3.05, 3.63) is 42.2 Å². The van der Waals surface area contributed by atoms with Gasteiger partial charge in [-0.05, 0) is 0 Å². The zero-order chi connectivity index (χ0) is 11.0. The summed E-state index contributed by atoms with van der Waals surface area (Å²) in [4.78, 5) is 0. The molecule has 0 atom stereocenters. The van der Waals surface area contributed by atoms with Gasteiger partial charge in [0, 0.05) is 0 Å². The van der Waals surface area contributed by atoms with E-state index in [1.54, 1.807) is 30.0 Å². The van der Waals surface area contributed by atoms with E-state index in [0.717, 1.165) is 0 Å². The molecule has 2 aliphatic rings. The minimum atomic E-state index is -0.0545. The van der Waals surface area contributed by atoms with Gasteiger partial charge in [-0.25, -0.2) is 0 Å². The van der Waals surface area contributed by atoms with E-state index in [9.17, 15) is 0 Å². The normalized spacial score (nSPS) is 18.4. The standard InChI is InChI=1S/2C7H9.2BrH.Ti/c2*1-6-4-3-5-7(6)2;;;/h2*3H,4H2,1-2H3;2*1H;/q;;;;+2/p-2. The maximum Gasteiger partial charge on any atom is -1.00 e. The van der Waals surface area contributed by atoms with Gasteiger partial charge in [-0.2, -0.15) is 0 Å². The van der Waals surface area contributed by atoms with Gasteiger partial charge in [0.05, 0.1) is 0 Å². The molecule has 0 spiro atoms. The summed E-state index contributed by atoms with van der Waals surface area (Å²) in [6.07, 6.45) is 7.29. The van der Waals surface area contributed by atoms with E-state index < -0.39 is 0 Å². The van der Waals surface area contributed by atoms with Gasteiger partial charge in [-0.3, -0.25) is 0 Å². The van der Waals surface area contributed by atoms with Crippen LogP contribution in [0, 0.1) is 0 Å². The molecule has 0 aromatic carbocycles. The van der Waals surface area contributed by atoms with Crippen molar-refractivity contribution < 1.29 is 53.1 Å². The molecule has 0 unspecified atom stereocenters. The molecule has 0 aliphatic heterocycles. The van der Waals surface area contributed by atoms with E-state index in [2.05, 4.69) is 39.8 Å². The van der Waals surface area contributed by atoms with Crippen LogP contribution in [-0.2, 0) is 19.2 Å². The molecule has 3 heteroatoms. The Morgan fingerprint density at radius 1 is 0.765 bits per heavy atom. The number of allylic oxidation sites excluding steroid dienone is 8. The summed E-state index contributed by atoms with van der Waals surface area (Å²) in [5, 5.41) is 0. The first-order chi connectivity index (χ1) is 7.09. The number of hydrogen-bond acceptors (Lipinski definition) is 0. The van der Waals surface area contributed by atoms with Gasteiger partial charge in [0.2, 0.25) is 0 Å². The largest absolute Gasteiger partial charge is 1.00 e. The summed E-state index contributed by atoms with van der Waals surface area (Å²) >= 11 is -0.0545. The Morgan fingerprint density at radius 3 is 1.35 bits per heavy atom. The first-order valence-electron chi connectivity index (χ1n) is 5.60. The van der Waals surface area contributed by atoms with E-state index in [4.69, 9.17) is 0 Å². The van der Waals surface area contributed by atoms with E-state index in [1.807, 2.05) is 0 Å². The van der Waals surface area contributed by atoms with E-state index in [0.29, 0.717) is 0 Å². The monoisotopic (exact) mass is 392 g/mol. The molecule has 0 nitrogen and oxygen atoms in total. The Labute approximate surface area is 135 Å². The quantitative estimate of drug-likeness (QED) is 0.492. The SMILES string of the molecule is CC1=C(C)[C]([Ti+2][C]2=CCC(C)=C2C)=CC1.[Br-].[Br-]. The fourth-order valence-electron chi connectivity index (χ4n) is 2.02. The summed E-state index contributed by atoms with van der Waals surface area (Å²) in [6.45, 7) is 9.11. The summed E-state index contributed by atoms with van der Waals surface area (Å²) in [5.74, 6) is 0. The smallest absolute Gasteiger partial charge is 1.00 e. The van der Waals surface area contributed by atoms with Gasteiger partial charge in [0.1, 0.15) is 0 Å². The van der Waals surface area contributed by atoms with Gasteiger partial charge < -0.3 is 34.0 Å². The minimum absolute atomic E-state index is 0. The van der Waals surface area contributed by atoms with Gasteiger partial charge in [0.25, 0.3) is 0 Å². The Balaban J connectivity index is 0.00000128. The maximum atomic E-state index is 2.45. The van der Waals surface area contributed by atoms with Crippen molar-refractivity contribution in [1.29, 1.82) is 0 Å². The van der Waals surface area contributed by atoms with Crippen LogP contribution in [0.3, 0.4) is 0 Å². The molecule has 0 saturated carbocycles. The van der Waals surface area contributed by atoms with E-state index in [1.165, 1.54) is 12.8 Å². The zero-order valence-corrected chi connectivity index (χ0v) is 15.6. The molecule has 0 aromatic heterocycles. The first-order valence-corrected chi connectivity index (χ1v) is 7.16. The Hall–Kier alpha value is 0.634. The fraction of sp³-hybridized carbons (Fsp3) is 0.429. The second-order valence-corrected chi connectivity index (χ2v) is 6.65. The Bertz CT molecular complexity index is 386. The van der Waals surface area contributed by atoms with Crippen molar-refractivity contribution in [2.75, 3.05) is 0 Å². The molecule has 2 aliphatic carbocycles. The summed E-state index contributed by atoms with van der Waals surface area (Å²) in [7, 11) is 0. The van der Waals surface area contributed by atoms with E-state index in [-0.39, 0.29) is 53.1 Å². The molecule has 92 valence electrons. The van der Waals surface area contributed by atoms with Crippen molar-refractivity contribution >= 4 is 0 Å². The molecule has 0 fully saturated rings. The van der Waals surface area contributed by atoms with Crippen LogP contribution in [0.2, 0.25) is 0 Å². The first kappa shape index (κ1) is 17.6. The molecule has 0 bridgehead atoms. The van der Waals surface area contributed by atoms with Gasteiger partial charge in [-0.15, -0.1) is 0 Å². The molecule has 0 saturated heterocycles. The van der Waals surface area contributed by atoms with E-state index >= 15 is 0 Å². The van der Waals surface area contributed by atoms with Crippen LogP contribution in [-0.4, -0.2) is 0 Å². The van der Waals surface area contributed by atoms with Gasteiger partial charge >= 0.3 is 102 Å². The summed E-state index contributed by atoms with van der Waals surface area (Å²) in [6, 6.07) is 0. The van der Waals surface area contributed by atoms with Crippen molar-refractivity contribution in [2.24, 2.45) is 0 Å². The van der Waals surface area contributed by atoms with Crippen molar-refractivity contribution in [3.8, 4) is 0 Å². The second kappa shape index (κ2) is 7.28. The topological polar surface area (TPSA) is 0 Å². The summed E-state index contributed by atoms with van der Waals surface area (Å²) in [5.41, 5.74) is 6.30. The van der Waals surface area contributed by atoms with Crippen LogP contribution in [0.4, 0.5) is 0 Å². The Morgan fingerprint density at radius 2 is 1.12 bits per heavy atom. The molecule has 0 amide bonds. The molecule has 0 heterocycles. The average Bonchev–Trinajstić information content (AvgIpc) is 2.68. The number of halogens is 2. The number of rotatable bonds is 2. The zero-order valence-electron chi connectivity index (χ0n) is 10.8. The fourth-order valence-corrected chi connectivity index (χ4v) is 4.36. The third-order valence-corrected chi connectivity index (χ3v) is 6.23. The Kier molecular flexibility index (Phi) is 7.55. The molecule has 0 radical (unpaired) electrons. The van der Waals surface area contributed by atoms with Crippen LogP contribution in [0.15, 0.2) is 42.2 Å². The van der Waals surface area contributed by atoms with Crippen molar-refractivity contribution in [2.45, 2.75) is 40.5 Å². The van der Waals surface area contributed by atoms with Crippen molar-refractivity contribution in [3.63, 3.8) is 0 Å². The van der Waals surface area contributed by atoms with Crippen LogP contribution >= 0.6 is 0 Å². The summed E-state index contributed by atoms with van der Waals surface area (Å²) < 4.78 is 3.35. The predicted octanol–water partition coefficient (Wildman–Crippen LogP) is -1.68. The molecule has 2 rings (SSSR count). The maximum absolute atomic E-state index is 2.45. The van der Waals surface area contributed by atoms with Gasteiger partial charge in [-0.1, -0.05) is 0 Å². The molecule has 0 N–H and O–H groups in total. The minimum Gasteiger partial charge on any atom is -1.00 e. The third kappa shape index (κ3) is 3.80. The predicted molar refractivity (Wildman–Crippen MR) is 62.1 cm³/mol. The van der Waals surface area contributed by atoms with Crippen LogP contribution < -0.4 is 34.0 Å². The third-order valence-electron chi connectivity index (χ3n) is 3.58. The molecular weight excluding hydrogens is 376 g/mol.